The Labute approximate surface area is 137 Å². The number of nitrogens with one attached hydrogen (secondary N) is 2. The molecule has 0 aliphatic rings. The number of para-hydroxylation sites is 2. The Kier molecular flexibility index (Phi) is 3.55. The first-order chi connectivity index (χ1) is 11.8. The maximum atomic E-state index is 13.5. The first-order valence-corrected chi connectivity index (χ1v) is 7.38. The normalized spacial score (nSPS) is 10.7. The van der Waals surface area contributed by atoms with Gasteiger partial charge in [0.2, 0.25) is 5.95 Å². The number of hydrogen-bond donors (Lipinski definition) is 2. The highest BCUT2D eigenvalue weighted by atomic mass is 19.1. The molecule has 5 nitrogen and oxygen atoms in total. The van der Waals surface area contributed by atoms with Crippen LogP contribution in [0.3, 0.4) is 0 Å². The summed E-state index contributed by atoms with van der Waals surface area (Å²) in [6, 6.07) is 17.7. The average molecular weight is 320 g/mol. The van der Waals surface area contributed by atoms with E-state index in [9.17, 15) is 4.39 Å². The van der Waals surface area contributed by atoms with Gasteiger partial charge in [0.1, 0.15) is 5.75 Å². The molecule has 0 amide bonds. The fraction of sp³-hybridized carbons (Fsp3) is 0. The third-order valence-electron chi connectivity index (χ3n) is 3.45. The van der Waals surface area contributed by atoms with Gasteiger partial charge >= 0.3 is 0 Å². The third kappa shape index (κ3) is 2.89. The summed E-state index contributed by atoms with van der Waals surface area (Å²) in [7, 11) is 0. The fourth-order valence-corrected chi connectivity index (χ4v) is 2.31. The quantitative estimate of drug-likeness (QED) is 0.575. The Morgan fingerprint density at radius 1 is 0.958 bits per heavy atom. The number of nitrogens with zero attached hydrogens (tertiary/aromatic N) is 2. The number of hydrogen-bond acceptors (Lipinski definition) is 4. The SMILES string of the molecule is Fc1cccnc1Oc1ccc(Nc2nc3ccccc3[nH]2)cc1. The highest BCUT2D eigenvalue weighted by Crippen LogP contribution is 2.24. The molecule has 2 N–H and O–H groups in total. The van der Waals surface area contributed by atoms with Gasteiger partial charge in [0, 0.05) is 11.9 Å². The monoisotopic (exact) mass is 320 g/mol. The fourth-order valence-electron chi connectivity index (χ4n) is 2.31. The van der Waals surface area contributed by atoms with Gasteiger partial charge in [-0.05, 0) is 48.5 Å². The number of H-pyrrole nitrogens is 1. The molecule has 2 aromatic carbocycles. The number of pyridine rings is 1. The Morgan fingerprint density at radius 3 is 2.58 bits per heavy atom. The minimum Gasteiger partial charge on any atom is -0.436 e. The zero-order valence-electron chi connectivity index (χ0n) is 12.5. The van der Waals surface area contributed by atoms with Gasteiger partial charge in [0.05, 0.1) is 11.0 Å². The number of rotatable bonds is 4. The average Bonchev–Trinajstić information content (AvgIpc) is 3.01. The molecule has 0 bridgehead atoms. The van der Waals surface area contributed by atoms with Gasteiger partial charge in [-0.2, -0.15) is 0 Å². The minimum atomic E-state index is -0.498. The lowest BCUT2D eigenvalue weighted by Crippen LogP contribution is -1.93. The molecular formula is C18H13FN4O. The Hall–Kier alpha value is -3.41. The van der Waals surface area contributed by atoms with Crippen molar-refractivity contribution in [3.63, 3.8) is 0 Å². The van der Waals surface area contributed by atoms with Crippen LogP contribution in [0, 0.1) is 5.82 Å². The predicted octanol–water partition coefficient (Wildman–Crippen LogP) is 4.63. The van der Waals surface area contributed by atoms with Crippen molar-refractivity contribution in [3.8, 4) is 11.6 Å². The van der Waals surface area contributed by atoms with Crippen molar-refractivity contribution in [2.24, 2.45) is 0 Å². The molecule has 4 rings (SSSR count). The van der Waals surface area contributed by atoms with Crippen molar-refractivity contribution < 1.29 is 9.13 Å². The smallest absolute Gasteiger partial charge is 0.255 e. The van der Waals surface area contributed by atoms with Crippen LogP contribution in [-0.4, -0.2) is 15.0 Å². The summed E-state index contributed by atoms with van der Waals surface area (Å²) in [5.74, 6) is 0.612. The van der Waals surface area contributed by atoms with Crippen LogP contribution in [0.15, 0.2) is 66.9 Å². The molecule has 0 spiro atoms. The lowest BCUT2D eigenvalue weighted by molar-refractivity contribution is 0.423. The minimum absolute atomic E-state index is 0.0458. The van der Waals surface area contributed by atoms with Crippen LogP contribution in [0.1, 0.15) is 0 Å². The summed E-state index contributed by atoms with van der Waals surface area (Å²) in [6.45, 7) is 0. The number of aromatic amines is 1. The van der Waals surface area contributed by atoms with Crippen molar-refractivity contribution in [1.29, 1.82) is 0 Å². The van der Waals surface area contributed by atoms with Crippen LogP contribution < -0.4 is 10.1 Å². The van der Waals surface area contributed by atoms with E-state index in [4.69, 9.17) is 4.74 Å². The first kappa shape index (κ1) is 14.2. The number of aromatic nitrogens is 3. The van der Waals surface area contributed by atoms with E-state index in [1.165, 1.54) is 18.3 Å². The molecule has 0 saturated heterocycles. The van der Waals surface area contributed by atoms with Gasteiger partial charge in [-0.25, -0.2) is 14.4 Å². The second-order valence-electron chi connectivity index (χ2n) is 5.14. The molecule has 0 atom stereocenters. The van der Waals surface area contributed by atoms with Gasteiger partial charge in [0.25, 0.3) is 5.88 Å². The number of ether oxygens (including phenoxy) is 1. The molecule has 24 heavy (non-hydrogen) atoms. The topological polar surface area (TPSA) is 62.8 Å². The van der Waals surface area contributed by atoms with Gasteiger partial charge in [-0.3, -0.25) is 0 Å². The molecule has 0 saturated carbocycles. The summed E-state index contributed by atoms with van der Waals surface area (Å²) in [5, 5.41) is 3.18. The largest absolute Gasteiger partial charge is 0.436 e. The van der Waals surface area contributed by atoms with Gasteiger partial charge in [-0.15, -0.1) is 0 Å². The van der Waals surface area contributed by atoms with Crippen molar-refractivity contribution in [1.82, 2.24) is 15.0 Å². The van der Waals surface area contributed by atoms with E-state index in [0.717, 1.165) is 16.7 Å². The van der Waals surface area contributed by atoms with E-state index >= 15 is 0 Å². The summed E-state index contributed by atoms with van der Waals surface area (Å²) < 4.78 is 19.0. The molecule has 2 aromatic heterocycles. The van der Waals surface area contributed by atoms with Crippen LogP contribution in [0.5, 0.6) is 11.6 Å². The second-order valence-corrected chi connectivity index (χ2v) is 5.14. The predicted molar refractivity (Wildman–Crippen MR) is 90.1 cm³/mol. The van der Waals surface area contributed by atoms with Crippen molar-refractivity contribution in [2.45, 2.75) is 0 Å². The van der Waals surface area contributed by atoms with E-state index in [-0.39, 0.29) is 5.88 Å². The Bertz CT molecular complexity index is 949. The molecule has 118 valence electrons. The molecule has 0 aliphatic carbocycles. The summed E-state index contributed by atoms with van der Waals surface area (Å²) in [5.41, 5.74) is 2.69. The van der Waals surface area contributed by atoms with E-state index < -0.39 is 5.82 Å². The molecule has 0 fully saturated rings. The van der Waals surface area contributed by atoms with Crippen LogP contribution >= 0.6 is 0 Å². The van der Waals surface area contributed by atoms with E-state index in [2.05, 4.69) is 20.3 Å². The standard InChI is InChI=1S/C18H13FN4O/c19-14-4-3-11-20-17(14)24-13-9-7-12(8-10-13)21-18-22-15-5-1-2-6-16(15)23-18/h1-11H,(H2,21,22,23). The van der Waals surface area contributed by atoms with Crippen LogP contribution in [0.2, 0.25) is 0 Å². The van der Waals surface area contributed by atoms with Crippen LogP contribution in [0.4, 0.5) is 16.0 Å². The summed E-state index contributed by atoms with van der Waals surface area (Å²) in [6.07, 6.45) is 1.48. The van der Waals surface area contributed by atoms with Crippen LogP contribution in [-0.2, 0) is 0 Å². The number of halogens is 1. The maximum absolute atomic E-state index is 13.5. The molecule has 0 radical (unpaired) electrons. The van der Waals surface area contributed by atoms with Crippen molar-refractivity contribution in [2.75, 3.05) is 5.32 Å². The second kappa shape index (κ2) is 6.00. The van der Waals surface area contributed by atoms with Gasteiger partial charge < -0.3 is 15.0 Å². The molecule has 2 heterocycles. The molecule has 0 unspecified atom stereocenters. The number of imidazole rings is 1. The first-order valence-electron chi connectivity index (χ1n) is 7.38. The molecule has 0 aliphatic heterocycles. The van der Waals surface area contributed by atoms with Crippen molar-refractivity contribution >= 4 is 22.7 Å². The number of fused-ring (bicyclic) bond motifs is 1. The highest BCUT2D eigenvalue weighted by Gasteiger charge is 2.06. The number of anilines is 2. The summed E-state index contributed by atoms with van der Waals surface area (Å²) in [4.78, 5) is 11.5. The van der Waals surface area contributed by atoms with Gasteiger partial charge in [-0.1, -0.05) is 12.1 Å². The van der Waals surface area contributed by atoms with E-state index in [1.54, 1.807) is 12.1 Å². The zero-order valence-corrected chi connectivity index (χ0v) is 12.5. The van der Waals surface area contributed by atoms with Crippen LogP contribution in [0.25, 0.3) is 11.0 Å². The lowest BCUT2D eigenvalue weighted by Gasteiger charge is -2.07. The van der Waals surface area contributed by atoms with Crippen molar-refractivity contribution in [3.05, 3.63) is 72.7 Å². The lowest BCUT2D eigenvalue weighted by atomic mass is 10.3. The van der Waals surface area contributed by atoms with E-state index in [1.807, 2.05) is 36.4 Å². The number of benzene rings is 2. The maximum Gasteiger partial charge on any atom is 0.255 e. The Balaban J connectivity index is 1.50. The molecule has 4 aromatic rings. The molecule has 6 heteroatoms. The highest BCUT2D eigenvalue weighted by molar-refractivity contribution is 5.78. The summed E-state index contributed by atoms with van der Waals surface area (Å²) >= 11 is 0. The van der Waals surface area contributed by atoms with Gasteiger partial charge in [0.15, 0.2) is 5.82 Å². The Morgan fingerprint density at radius 2 is 1.79 bits per heavy atom. The zero-order chi connectivity index (χ0) is 16.4. The van der Waals surface area contributed by atoms with E-state index in [0.29, 0.717) is 11.7 Å². The third-order valence-corrected chi connectivity index (χ3v) is 3.45. The molecular weight excluding hydrogens is 307 g/mol.